The quantitative estimate of drug-likeness (QED) is 0.860. The minimum absolute atomic E-state index is 0.166. The molecule has 1 saturated heterocycles. The third-order valence-corrected chi connectivity index (χ3v) is 5.07. The molecule has 0 bridgehead atoms. The highest BCUT2D eigenvalue weighted by Gasteiger charge is 2.33. The maximum absolute atomic E-state index is 12.7. The number of carbonyl (C=O) groups is 1. The Labute approximate surface area is 165 Å². The van der Waals surface area contributed by atoms with E-state index < -0.39 is 6.10 Å². The van der Waals surface area contributed by atoms with Gasteiger partial charge in [0.15, 0.2) is 11.5 Å². The van der Waals surface area contributed by atoms with Gasteiger partial charge in [0.05, 0.1) is 13.2 Å². The summed E-state index contributed by atoms with van der Waals surface area (Å²) >= 11 is 0. The molecule has 1 amide bonds. The molecule has 1 N–H and O–H groups in total. The molecule has 148 valence electrons. The first-order valence-electron chi connectivity index (χ1n) is 9.77. The summed E-state index contributed by atoms with van der Waals surface area (Å²) in [4.78, 5) is 15.0. The Morgan fingerprint density at radius 2 is 1.75 bits per heavy atom. The third kappa shape index (κ3) is 4.46. The molecule has 2 atom stereocenters. The number of morpholine rings is 1. The van der Waals surface area contributed by atoms with Gasteiger partial charge in [-0.2, -0.15) is 0 Å². The number of nitrogens with zero attached hydrogens (tertiary/aromatic N) is 1. The van der Waals surface area contributed by atoms with E-state index >= 15 is 0 Å². The van der Waals surface area contributed by atoms with Crippen molar-refractivity contribution in [2.45, 2.75) is 32.2 Å². The first-order valence-corrected chi connectivity index (χ1v) is 9.77. The summed E-state index contributed by atoms with van der Waals surface area (Å²) in [5.41, 5.74) is 2.32. The molecule has 0 aromatic heterocycles. The molecule has 28 heavy (non-hydrogen) atoms. The van der Waals surface area contributed by atoms with Crippen LogP contribution in [0.4, 0.5) is 0 Å². The average molecular weight is 382 g/mol. The van der Waals surface area contributed by atoms with Gasteiger partial charge in [-0.05, 0) is 30.2 Å². The van der Waals surface area contributed by atoms with Gasteiger partial charge < -0.3 is 19.5 Å². The molecule has 2 unspecified atom stereocenters. The summed E-state index contributed by atoms with van der Waals surface area (Å²) in [6.07, 6.45) is -1.01. The summed E-state index contributed by atoms with van der Waals surface area (Å²) < 4.78 is 17.1. The molecule has 0 radical (unpaired) electrons. The maximum atomic E-state index is 12.7. The van der Waals surface area contributed by atoms with Gasteiger partial charge in [0.25, 0.3) is 5.91 Å². The van der Waals surface area contributed by atoms with Crippen molar-refractivity contribution in [1.29, 1.82) is 0 Å². The van der Waals surface area contributed by atoms with E-state index in [-0.39, 0.29) is 12.0 Å². The van der Waals surface area contributed by atoms with Crippen molar-refractivity contribution in [3.63, 3.8) is 0 Å². The lowest BCUT2D eigenvalue weighted by molar-refractivity contribution is -0.133. The van der Waals surface area contributed by atoms with Crippen LogP contribution in [0.3, 0.4) is 0 Å². The monoisotopic (exact) mass is 382 g/mol. The van der Waals surface area contributed by atoms with E-state index in [1.54, 1.807) is 0 Å². The Bertz CT molecular complexity index is 820. The molecule has 0 aliphatic carbocycles. The zero-order chi connectivity index (χ0) is 19.3. The molecule has 2 aliphatic rings. The fraction of sp³-hybridized carbons (Fsp3) is 0.409. The number of hydrogen-bond donors (Lipinski definition) is 1. The smallest absolute Gasteiger partial charge is 0.265 e. The molecule has 0 spiro atoms. The van der Waals surface area contributed by atoms with Crippen LogP contribution in [0.15, 0.2) is 48.5 Å². The minimum Gasteiger partial charge on any atom is -0.482 e. The molecule has 2 heterocycles. The first-order chi connectivity index (χ1) is 13.7. The molecule has 4 rings (SSSR count). The van der Waals surface area contributed by atoms with Crippen molar-refractivity contribution in [3.8, 4) is 11.5 Å². The average Bonchev–Trinajstić information content (AvgIpc) is 2.72. The molecule has 2 aliphatic heterocycles. The van der Waals surface area contributed by atoms with Crippen molar-refractivity contribution in [2.24, 2.45) is 0 Å². The van der Waals surface area contributed by atoms with E-state index in [0.717, 1.165) is 38.4 Å². The number of amides is 1. The van der Waals surface area contributed by atoms with Crippen LogP contribution in [0, 0.1) is 0 Å². The SMILES string of the molecule is CC1Oc2ccccc2OC1C(=O)NCc1cccc(CN2CCOCC2)c1. The molecule has 6 heteroatoms. The van der Waals surface area contributed by atoms with Crippen LogP contribution >= 0.6 is 0 Å². The first kappa shape index (κ1) is 18.8. The Kier molecular flexibility index (Phi) is 5.78. The minimum atomic E-state index is -0.661. The van der Waals surface area contributed by atoms with Crippen molar-refractivity contribution in [1.82, 2.24) is 10.2 Å². The third-order valence-electron chi connectivity index (χ3n) is 5.07. The summed E-state index contributed by atoms with van der Waals surface area (Å²) in [5.74, 6) is 1.11. The lowest BCUT2D eigenvalue weighted by Gasteiger charge is -2.31. The second kappa shape index (κ2) is 8.63. The van der Waals surface area contributed by atoms with Crippen LogP contribution in [0.5, 0.6) is 11.5 Å². The number of hydrogen-bond acceptors (Lipinski definition) is 5. The van der Waals surface area contributed by atoms with E-state index in [4.69, 9.17) is 14.2 Å². The van der Waals surface area contributed by atoms with Gasteiger partial charge in [-0.3, -0.25) is 9.69 Å². The molecule has 1 fully saturated rings. The summed E-state index contributed by atoms with van der Waals surface area (Å²) in [7, 11) is 0. The van der Waals surface area contributed by atoms with Gasteiger partial charge in [0, 0.05) is 26.2 Å². The summed E-state index contributed by atoms with van der Waals surface area (Å²) in [5, 5.41) is 2.98. The largest absolute Gasteiger partial charge is 0.482 e. The summed E-state index contributed by atoms with van der Waals surface area (Å²) in [6, 6.07) is 15.8. The molecular weight excluding hydrogens is 356 g/mol. The highest BCUT2D eigenvalue weighted by Crippen LogP contribution is 2.33. The highest BCUT2D eigenvalue weighted by atomic mass is 16.6. The number of ether oxygens (including phenoxy) is 3. The second-order valence-corrected chi connectivity index (χ2v) is 7.23. The standard InChI is InChI=1S/C22H26N2O4/c1-16-21(28-20-8-3-2-7-19(20)27-16)22(25)23-14-17-5-4-6-18(13-17)15-24-9-11-26-12-10-24/h2-8,13,16,21H,9-12,14-15H2,1H3,(H,23,25). The van der Waals surface area contributed by atoms with Crippen LogP contribution in [0.2, 0.25) is 0 Å². The number of benzene rings is 2. The van der Waals surface area contributed by atoms with Crippen molar-refractivity contribution >= 4 is 5.91 Å². The van der Waals surface area contributed by atoms with E-state index in [1.165, 1.54) is 5.56 Å². The van der Waals surface area contributed by atoms with Gasteiger partial charge >= 0.3 is 0 Å². The Hall–Kier alpha value is -2.57. The van der Waals surface area contributed by atoms with Crippen molar-refractivity contribution in [3.05, 3.63) is 59.7 Å². The van der Waals surface area contributed by atoms with E-state index in [9.17, 15) is 4.79 Å². The predicted molar refractivity (Wildman–Crippen MR) is 105 cm³/mol. The molecule has 6 nitrogen and oxygen atoms in total. The van der Waals surface area contributed by atoms with Crippen LogP contribution in [-0.4, -0.2) is 49.3 Å². The number of nitrogens with one attached hydrogen (secondary N) is 1. The van der Waals surface area contributed by atoms with Gasteiger partial charge in [0.1, 0.15) is 6.10 Å². The highest BCUT2D eigenvalue weighted by molar-refractivity contribution is 5.82. The molecule has 0 saturated carbocycles. The van der Waals surface area contributed by atoms with Crippen molar-refractivity contribution < 1.29 is 19.0 Å². The van der Waals surface area contributed by atoms with Crippen LogP contribution in [0.1, 0.15) is 18.1 Å². The molecule has 2 aromatic rings. The van der Waals surface area contributed by atoms with Crippen LogP contribution < -0.4 is 14.8 Å². The van der Waals surface area contributed by atoms with E-state index in [0.29, 0.717) is 18.0 Å². The lowest BCUT2D eigenvalue weighted by Crippen LogP contribution is -2.48. The van der Waals surface area contributed by atoms with Crippen LogP contribution in [-0.2, 0) is 22.6 Å². The Morgan fingerprint density at radius 1 is 1.04 bits per heavy atom. The summed E-state index contributed by atoms with van der Waals surface area (Å²) in [6.45, 7) is 6.71. The molecular formula is C22H26N2O4. The van der Waals surface area contributed by atoms with Gasteiger partial charge in [0.2, 0.25) is 6.10 Å². The Morgan fingerprint density at radius 3 is 2.54 bits per heavy atom. The van der Waals surface area contributed by atoms with Crippen LogP contribution in [0.25, 0.3) is 0 Å². The van der Waals surface area contributed by atoms with Gasteiger partial charge in [-0.1, -0.05) is 36.4 Å². The zero-order valence-electron chi connectivity index (χ0n) is 16.1. The van der Waals surface area contributed by atoms with Gasteiger partial charge in [-0.15, -0.1) is 0 Å². The number of fused-ring (bicyclic) bond motifs is 1. The second-order valence-electron chi connectivity index (χ2n) is 7.23. The molecule has 2 aromatic carbocycles. The predicted octanol–water partition coefficient (Wildman–Crippen LogP) is 2.36. The topological polar surface area (TPSA) is 60.0 Å². The van der Waals surface area contributed by atoms with E-state index in [2.05, 4.69) is 22.3 Å². The van der Waals surface area contributed by atoms with Gasteiger partial charge in [-0.25, -0.2) is 0 Å². The van der Waals surface area contributed by atoms with E-state index in [1.807, 2.05) is 43.3 Å². The number of para-hydroxylation sites is 2. The normalized spacial score (nSPS) is 21.9. The number of carbonyl (C=O) groups excluding carboxylic acids is 1. The van der Waals surface area contributed by atoms with Crippen molar-refractivity contribution in [2.75, 3.05) is 26.3 Å². The fourth-order valence-corrected chi connectivity index (χ4v) is 3.55. The maximum Gasteiger partial charge on any atom is 0.265 e. The fourth-order valence-electron chi connectivity index (χ4n) is 3.55. The zero-order valence-corrected chi connectivity index (χ0v) is 16.1. The lowest BCUT2D eigenvalue weighted by atomic mass is 10.1. The number of rotatable bonds is 5. The Balaban J connectivity index is 1.34.